The second kappa shape index (κ2) is 7.51. The van der Waals surface area contributed by atoms with Gasteiger partial charge in [-0.25, -0.2) is 0 Å². The highest BCUT2D eigenvalue weighted by Gasteiger charge is 2.21. The van der Waals surface area contributed by atoms with E-state index in [-0.39, 0.29) is 0 Å². The van der Waals surface area contributed by atoms with E-state index in [4.69, 9.17) is 16.3 Å². The van der Waals surface area contributed by atoms with Crippen molar-refractivity contribution in [3.8, 4) is 0 Å². The molecule has 1 heterocycles. The van der Waals surface area contributed by atoms with Crippen LogP contribution in [0.4, 0.5) is 5.69 Å². The Balaban J connectivity index is 2.08. The van der Waals surface area contributed by atoms with Gasteiger partial charge >= 0.3 is 0 Å². The van der Waals surface area contributed by atoms with Crippen LogP contribution in [0.15, 0.2) is 18.2 Å². The highest BCUT2D eigenvalue weighted by molar-refractivity contribution is 9.08. The number of hydrogen-bond donors (Lipinski definition) is 0. The van der Waals surface area contributed by atoms with Crippen LogP contribution in [0, 0.1) is 0 Å². The third kappa shape index (κ3) is 4.11. The topological polar surface area (TPSA) is 12.5 Å². The number of alkyl halides is 1. The monoisotopic (exact) mass is 345 g/mol. The van der Waals surface area contributed by atoms with Gasteiger partial charge in [-0.1, -0.05) is 34.5 Å². The summed E-state index contributed by atoms with van der Waals surface area (Å²) >= 11 is 9.62. The fraction of sp³-hybridized carbons (Fsp3) is 0.600. The van der Waals surface area contributed by atoms with Crippen LogP contribution < -0.4 is 4.90 Å². The third-order valence-electron chi connectivity index (χ3n) is 3.46. The first kappa shape index (κ1) is 15.1. The smallest absolute Gasteiger partial charge is 0.0750 e. The molecule has 19 heavy (non-hydrogen) atoms. The van der Waals surface area contributed by atoms with E-state index in [1.807, 2.05) is 12.1 Å². The molecule has 0 aromatic heterocycles. The zero-order chi connectivity index (χ0) is 13.7. The Labute approximate surface area is 129 Å². The first-order valence-corrected chi connectivity index (χ1v) is 8.45. The first-order chi connectivity index (χ1) is 9.24. The predicted molar refractivity (Wildman–Crippen MR) is 85.6 cm³/mol. The minimum atomic E-state index is 0.368. The summed E-state index contributed by atoms with van der Waals surface area (Å²) in [7, 11) is 0. The van der Waals surface area contributed by atoms with Gasteiger partial charge in [0.25, 0.3) is 0 Å². The summed E-state index contributed by atoms with van der Waals surface area (Å²) in [5, 5.41) is 1.63. The lowest BCUT2D eigenvalue weighted by Gasteiger charge is -2.35. The number of hydrogen-bond acceptors (Lipinski definition) is 2. The molecule has 0 aliphatic carbocycles. The fourth-order valence-corrected chi connectivity index (χ4v) is 3.19. The van der Waals surface area contributed by atoms with Crippen LogP contribution >= 0.6 is 27.5 Å². The second-order valence-corrected chi connectivity index (χ2v) is 5.98. The average Bonchev–Trinajstić information content (AvgIpc) is 2.45. The lowest BCUT2D eigenvalue weighted by molar-refractivity contribution is 0.0440. The van der Waals surface area contributed by atoms with Gasteiger partial charge in [-0.05, 0) is 43.0 Å². The van der Waals surface area contributed by atoms with E-state index in [0.29, 0.717) is 6.10 Å². The van der Waals surface area contributed by atoms with Crippen LogP contribution in [0.5, 0.6) is 0 Å². The molecular formula is C15H21BrClNO. The Morgan fingerprint density at radius 3 is 3.05 bits per heavy atom. The van der Waals surface area contributed by atoms with E-state index < -0.39 is 0 Å². The first-order valence-electron chi connectivity index (χ1n) is 6.95. The second-order valence-electron chi connectivity index (χ2n) is 4.99. The highest BCUT2D eigenvalue weighted by atomic mass is 79.9. The standard InChI is InChI=1S/C15H21BrClNO/c1-2-8-19-14-4-3-7-18(11-14)15-6-5-13(17)9-12(15)10-16/h5-6,9,14H,2-4,7-8,10-11H2,1H3. The molecule has 0 saturated carbocycles. The number of halogens is 2. The molecule has 4 heteroatoms. The van der Waals surface area contributed by atoms with Crippen LogP contribution in [0.25, 0.3) is 0 Å². The molecule has 1 aliphatic heterocycles. The predicted octanol–water partition coefficient (Wildman–Crippen LogP) is 4.63. The molecule has 1 aromatic rings. The molecule has 1 fully saturated rings. The van der Waals surface area contributed by atoms with Crippen molar-refractivity contribution in [2.75, 3.05) is 24.6 Å². The average molecular weight is 347 g/mol. The van der Waals surface area contributed by atoms with Gasteiger partial charge < -0.3 is 9.64 Å². The van der Waals surface area contributed by atoms with Crippen LogP contribution in [0.1, 0.15) is 31.7 Å². The molecule has 2 rings (SSSR count). The van der Waals surface area contributed by atoms with Crippen LogP contribution in [-0.4, -0.2) is 25.8 Å². The Hall–Kier alpha value is -0.250. The van der Waals surface area contributed by atoms with Crippen molar-refractivity contribution < 1.29 is 4.74 Å². The zero-order valence-electron chi connectivity index (χ0n) is 11.4. The van der Waals surface area contributed by atoms with Crippen molar-refractivity contribution in [1.29, 1.82) is 0 Å². The Kier molecular flexibility index (Phi) is 5.99. The SMILES string of the molecule is CCCOC1CCCN(c2ccc(Cl)cc2CBr)C1. The number of rotatable bonds is 5. The van der Waals surface area contributed by atoms with E-state index in [0.717, 1.165) is 36.5 Å². The number of benzene rings is 1. The van der Waals surface area contributed by atoms with E-state index in [9.17, 15) is 0 Å². The molecular weight excluding hydrogens is 326 g/mol. The molecule has 0 bridgehead atoms. The number of piperidine rings is 1. The quantitative estimate of drug-likeness (QED) is 0.721. The van der Waals surface area contributed by atoms with Gasteiger partial charge in [0.05, 0.1) is 6.10 Å². The molecule has 0 spiro atoms. The summed E-state index contributed by atoms with van der Waals surface area (Å²) in [5.41, 5.74) is 2.54. The van der Waals surface area contributed by atoms with E-state index in [2.05, 4.69) is 33.8 Å². The third-order valence-corrected chi connectivity index (χ3v) is 4.30. The Bertz CT molecular complexity index is 413. The van der Waals surface area contributed by atoms with Gasteiger partial charge in [0.1, 0.15) is 0 Å². The fourth-order valence-electron chi connectivity index (χ4n) is 2.55. The summed E-state index contributed by atoms with van der Waals surface area (Å²) in [6, 6.07) is 6.14. The van der Waals surface area contributed by atoms with Crippen molar-refractivity contribution in [2.24, 2.45) is 0 Å². The van der Waals surface area contributed by atoms with Crippen molar-refractivity contribution in [3.63, 3.8) is 0 Å². The molecule has 106 valence electrons. The summed E-state index contributed by atoms with van der Waals surface area (Å²) in [6.07, 6.45) is 3.82. The number of nitrogens with zero attached hydrogens (tertiary/aromatic N) is 1. The minimum Gasteiger partial charge on any atom is -0.376 e. The van der Waals surface area contributed by atoms with Crippen molar-refractivity contribution in [2.45, 2.75) is 37.6 Å². The molecule has 1 aromatic carbocycles. The van der Waals surface area contributed by atoms with Gasteiger partial charge in [-0.3, -0.25) is 0 Å². The summed E-state index contributed by atoms with van der Waals surface area (Å²) < 4.78 is 5.90. The van der Waals surface area contributed by atoms with Crippen LogP contribution in [-0.2, 0) is 10.1 Å². The molecule has 0 N–H and O–H groups in total. The molecule has 0 amide bonds. The molecule has 1 atom stereocenters. The maximum atomic E-state index is 6.07. The van der Waals surface area contributed by atoms with Gasteiger partial charge in [0, 0.05) is 35.7 Å². The maximum Gasteiger partial charge on any atom is 0.0750 e. The van der Waals surface area contributed by atoms with Crippen LogP contribution in [0.3, 0.4) is 0 Å². The highest BCUT2D eigenvalue weighted by Crippen LogP contribution is 2.29. The van der Waals surface area contributed by atoms with E-state index in [1.165, 1.54) is 24.1 Å². The molecule has 1 unspecified atom stereocenters. The van der Waals surface area contributed by atoms with Gasteiger partial charge in [0.2, 0.25) is 0 Å². The maximum absolute atomic E-state index is 6.07. The van der Waals surface area contributed by atoms with Gasteiger partial charge in [0.15, 0.2) is 0 Å². The van der Waals surface area contributed by atoms with E-state index >= 15 is 0 Å². The summed E-state index contributed by atoms with van der Waals surface area (Å²) in [5.74, 6) is 0. The van der Waals surface area contributed by atoms with Gasteiger partial charge in [-0.2, -0.15) is 0 Å². The van der Waals surface area contributed by atoms with Crippen molar-refractivity contribution in [3.05, 3.63) is 28.8 Å². The molecule has 0 radical (unpaired) electrons. The number of anilines is 1. The van der Waals surface area contributed by atoms with Crippen molar-refractivity contribution in [1.82, 2.24) is 0 Å². The van der Waals surface area contributed by atoms with E-state index in [1.54, 1.807) is 0 Å². The molecule has 2 nitrogen and oxygen atoms in total. The molecule has 1 saturated heterocycles. The minimum absolute atomic E-state index is 0.368. The lowest BCUT2D eigenvalue weighted by Crippen LogP contribution is -2.40. The summed E-state index contributed by atoms with van der Waals surface area (Å²) in [4.78, 5) is 2.43. The molecule has 1 aliphatic rings. The normalized spacial score (nSPS) is 19.7. The number of ether oxygens (including phenoxy) is 1. The largest absolute Gasteiger partial charge is 0.376 e. The summed E-state index contributed by atoms with van der Waals surface area (Å²) in [6.45, 7) is 5.11. The zero-order valence-corrected chi connectivity index (χ0v) is 13.7. The van der Waals surface area contributed by atoms with Gasteiger partial charge in [-0.15, -0.1) is 0 Å². The van der Waals surface area contributed by atoms with Crippen molar-refractivity contribution >= 4 is 33.2 Å². The lowest BCUT2D eigenvalue weighted by atomic mass is 10.1. The Morgan fingerprint density at radius 2 is 2.32 bits per heavy atom. The Morgan fingerprint density at radius 1 is 1.47 bits per heavy atom. The van der Waals surface area contributed by atoms with Crippen LogP contribution in [0.2, 0.25) is 5.02 Å².